The van der Waals surface area contributed by atoms with Crippen LogP contribution in [0, 0.1) is 0 Å². The molecule has 5 heteroatoms. The largest absolute Gasteiger partial charge is 2.00 e. The Bertz CT molecular complexity index is 2510. The van der Waals surface area contributed by atoms with Crippen molar-refractivity contribution in [2.45, 2.75) is 146 Å². The Labute approximate surface area is 364 Å². The van der Waals surface area contributed by atoms with Crippen LogP contribution < -0.4 is 9.97 Å². The van der Waals surface area contributed by atoms with Crippen molar-refractivity contribution in [2.75, 3.05) is 0 Å². The van der Waals surface area contributed by atoms with Gasteiger partial charge in [-0.1, -0.05) is 171 Å². The molecule has 59 heavy (non-hydrogen) atoms. The number of nitrogens with zero attached hydrogens (tertiary/aromatic N) is 4. The predicted molar refractivity (Wildman–Crippen MR) is 250 cm³/mol. The van der Waals surface area contributed by atoms with Crippen LogP contribution in [0.1, 0.15) is 164 Å². The Morgan fingerprint density at radius 1 is 0.424 bits per heavy atom. The number of allylic oxidation sites excluding steroid dienone is 4. The molecule has 0 atom stereocenters. The number of unbranched alkanes of at least 4 members (excludes halogenated alkanes) is 3. The van der Waals surface area contributed by atoms with Crippen LogP contribution in [0.3, 0.4) is 0 Å². The zero-order valence-corrected chi connectivity index (χ0v) is 38.1. The average molecular weight is 828 g/mol. The van der Waals surface area contributed by atoms with Gasteiger partial charge in [0, 0.05) is 0 Å². The Hall–Kier alpha value is -4.47. The van der Waals surface area contributed by atoms with E-state index in [4.69, 9.17) is 19.9 Å². The summed E-state index contributed by atoms with van der Waals surface area (Å²) < 4.78 is 0. The first-order valence-electron chi connectivity index (χ1n) is 22.7. The van der Waals surface area contributed by atoms with Crippen LogP contribution in [0.4, 0.5) is 0 Å². The molecule has 2 aliphatic rings. The second-order valence-electron chi connectivity index (χ2n) is 15.9. The second kappa shape index (κ2) is 19.7. The van der Waals surface area contributed by atoms with Gasteiger partial charge >= 0.3 is 16.5 Å². The van der Waals surface area contributed by atoms with E-state index in [0.29, 0.717) is 0 Å². The molecule has 7 rings (SSSR count). The molecule has 0 radical (unpaired) electrons. The van der Waals surface area contributed by atoms with Crippen molar-refractivity contribution in [3.63, 3.8) is 0 Å². The number of hydrogen-bond acceptors (Lipinski definition) is 2. The fourth-order valence-electron chi connectivity index (χ4n) is 10.00. The van der Waals surface area contributed by atoms with E-state index < -0.39 is 0 Å². The quantitative estimate of drug-likeness (QED) is 0.0779. The van der Waals surface area contributed by atoms with E-state index in [2.05, 4.69) is 129 Å². The second-order valence-corrected chi connectivity index (χ2v) is 15.9. The number of aryl methyl sites for hydroxylation is 5. The average Bonchev–Trinajstić information content (AvgIpc) is 4.01. The smallest absolute Gasteiger partial charge is 0.657 e. The van der Waals surface area contributed by atoms with Gasteiger partial charge in [0.25, 0.3) is 0 Å². The van der Waals surface area contributed by atoms with Gasteiger partial charge in [-0.3, -0.25) is 0 Å². The number of rotatable bonds is 15. The summed E-state index contributed by atoms with van der Waals surface area (Å²) in [6.07, 6.45) is 13.0. The third-order valence-electron chi connectivity index (χ3n) is 12.7. The molecule has 0 spiro atoms. The van der Waals surface area contributed by atoms with Gasteiger partial charge in [-0.25, -0.2) is 9.97 Å². The van der Waals surface area contributed by atoms with Crippen LogP contribution in [-0.2, 0) is 48.6 Å². The van der Waals surface area contributed by atoms with E-state index in [1.807, 2.05) is 0 Å². The van der Waals surface area contributed by atoms with Gasteiger partial charge in [0.1, 0.15) is 0 Å². The van der Waals surface area contributed by atoms with Crippen LogP contribution in [0.5, 0.6) is 0 Å². The van der Waals surface area contributed by atoms with Gasteiger partial charge < -0.3 is 9.97 Å². The molecule has 0 N–H and O–H groups in total. The molecule has 0 aliphatic carbocycles. The molecule has 2 aromatic carbocycles. The molecular formula is C54H64N4Ni. The van der Waals surface area contributed by atoms with Crippen LogP contribution in [0.25, 0.3) is 66.6 Å². The fourth-order valence-corrected chi connectivity index (χ4v) is 10.00. The number of fused-ring (bicyclic) bond motifs is 8. The third kappa shape index (κ3) is 7.97. The summed E-state index contributed by atoms with van der Waals surface area (Å²) in [5.41, 5.74) is 25.3. The molecule has 5 aromatic rings. The van der Waals surface area contributed by atoms with Crippen molar-refractivity contribution in [2.24, 2.45) is 0 Å². The number of aromatic nitrogens is 4. The van der Waals surface area contributed by atoms with Gasteiger partial charge in [-0.15, -0.1) is 22.1 Å². The SMILES string of the molecule is CCCCCCc1c2nc(c(-c3ccccc3)c3[n-]c(c(CC)c3CC)c(-c3ccccc3)c3nc(cc4[n-]c1c(CC)c4CC)C(CC)=C3CC)C(CC)=C2CC.[Ni+2]. The first-order chi connectivity index (χ1) is 28.4. The Morgan fingerprint density at radius 2 is 0.898 bits per heavy atom. The summed E-state index contributed by atoms with van der Waals surface area (Å²) in [6, 6.07) is 24.2. The standard InChI is InChI=1S/C54H64N4.Ni/c1-10-19-20-27-32-44-49-38(13-4)36(11-2)45(55-49)33-46-37(12-3)39(14-5)51(56-46)47(34-28-23-21-24-29-34)53-42(17-8)43(18-9)54(58-53)48(35-30-25-22-26-31-35)52-41(16-7)40(15-6)50(44)57-52;/h21-26,28-31,33H,10-20,27,32H2,1-9H3;/q-2;+2. The van der Waals surface area contributed by atoms with E-state index >= 15 is 0 Å². The zero-order valence-electron chi connectivity index (χ0n) is 37.1. The maximum atomic E-state index is 5.91. The van der Waals surface area contributed by atoms with Gasteiger partial charge in [0.05, 0.1) is 22.8 Å². The first kappa shape index (κ1) is 44.1. The molecule has 0 saturated carbocycles. The molecule has 0 amide bonds. The van der Waals surface area contributed by atoms with Gasteiger partial charge in [-0.05, 0) is 114 Å². The van der Waals surface area contributed by atoms with Crippen molar-refractivity contribution in [1.82, 2.24) is 19.9 Å². The minimum atomic E-state index is 0. The zero-order chi connectivity index (χ0) is 40.9. The van der Waals surface area contributed by atoms with E-state index in [9.17, 15) is 0 Å². The van der Waals surface area contributed by atoms with Gasteiger partial charge in [0.15, 0.2) is 0 Å². The molecule has 5 heterocycles. The summed E-state index contributed by atoms with van der Waals surface area (Å²) in [6.45, 7) is 20.7. The molecule has 0 saturated heterocycles. The summed E-state index contributed by atoms with van der Waals surface area (Å²) in [7, 11) is 0. The van der Waals surface area contributed by atoms with Crippen LogP contribution in [0.2, 0.25) is 0 Å². The molecule has 8 bridgehead atoms. The van der Waals surface area contributed by atoms with Crippen molar-refractivity contribution in [3.05, 3.63) is 117 Å². The number of hydrogen-bond donors (Lipinski definition) is 0. The van der Waals surface area contributed by atoms with Crippen LogP contribution in [-0.4, -0.2) is 9.97 Å². The normalized spacial score (nSPS) is 12.8. The Morgan fingerprint density at radius 3 is 1.39 bits per heavy atom. The van der Waals surface area contributed by atoms with E-state index in [1.54, 1.807) is 0 Å². The summed E-state index contributed by atoms with van der Waals surface area (Å²) in [5.74, 6) is 0. The van der Waals surface area contributed by atoms with Crippen molar-refractivity contribution < 1.29 is 16.5 Å². The summed E-state index contributed by atoms with van der Waals surface area (Å²) in [4.78, 5) is 23.2. The minimum Gasteiger partial charge on any atom is -0.657 e. The fraction of sp³-hybridized carbons (Fsp3) is 0.407. The Balaban J connectivity index is 0.00000585. The van der Waals surface area contributed by atoms with Crippen molar-refractivity contribution >= 4 is 44.4 Å². The van der Waals surface area contributed by atoms with Gasteiger partial charge in [0.2, 0.25) is 0 Å². The molecule has 0 fully saturated rings. The molecule has 2 aliphatic heterocycles. The molecular weight excluding hydrogens is 763 g/mol. The maximum Gasteiger partial charge on any atom is 2.00 e. The first-order valence-corrected chi connectivity index (χ1v) is 22.7. The maximum absolute atomic E-state index is 5.91. The van der Waals surface area contributed by atoms with Gasteiger partial charge in [-0.2, -0.15) is 0 Å². The van der Waals surface area contributed by atoms with E-state index in [1.165, 1.54) is 74.9 Å². The van der Waals surface area contributed by atoms with Crippen molar-refractivity contribution in [3.8, 4) is 22.3 Å². The Kier molecular flexibility index (Phi) is 14.7. The molecule has 0 unspecified atom stereocenters. The summed E-state index contributed by atoms with van der Waals surface area (Å²) in [5, 5.41) is 0. The van der Waals surface area contributed by atoms with Crippen LogP contribution >= 0.6 is 0 Å². The molecule has 310 valence electrons. The topological polar surface area (TPSA) is 54.0 Å². The monoisotopic (exact) mass is 826 g/mol. The van der Waals surface area contributed by atoms with E-state index in [0.717, 1.165) is 126 Å². The van der Waals surface area contributed by atoms with Crippen LogP contribution in [0.15, 0.2) is 66.7 Å². The predicted octanol–water partition coefficient (Wildman–Crippen LogP) is 14.7. The van der Waals surface area contributed by atoms with E-state index in [-0.39, 0.29) is 16.5 Å². The molecule has 3 aromatic heterocycles. The minimum absolute atomic E-state index is 0. The number of benzene rings is 2. The molecule has 4 nitrogen and oxygen atoms in total. The van der Waals surface area contributed by atoms with Crippen molar-refractivity contribution in [1.29, 1.82) is 0 Å². The third-order valence-corrected chi connectivity index (χ3v) is 12.7. The summed E-state index contributed by atoms with van der Waals surface area (Å²) >= 11 is 0.